The van der Waals surface area contributed by atoms with Gasteiger partial charge in [-0.15, -0.1) is 11.3 Å². The topological polar surface area (TPSA) is 110 Å². The fourth-order valence-electron chi connectivity index (χ4n) is 3.96. The number of aromatic nitrogens is 4. The Balaban J connectivity index is 1.08. The number of H-pyrrole nitrogens is 1. The minimum Gasteiger partial charge on any atom is -0.452 e. The molecule has 3 aromatic carbocycles. The molecule has 0 radical (unpaired) electrons. The smallest absolute Gasteiger partial charge is 0.338 e. The normalized spacial score (nSPS) is 11.0. The van der Waals surface area contributed by atoms with Crippen molar-refractivity contribution in [1.29, 1.82) is 0 Å². The number of benzene rings is 3. The number of thiazole rings is 1. The second-order valence-corrected chi connectivity index (χ2v) is 9.14. The van der Waals surface area contributed by atoms with E-state index in [2.05, 4.69) is 37.4 Å². The zero-order valence-electron chi connectivity index (χ0n) is 19.3. The van der Waals surface area contributed by atoms with Crippen LogP contribution < -0.4 is 5.32 Å². The van der Waals surface area contributed by atoms with E-state index < -0.39 is 18.5 Å². The third-order valence-corrected chi connectivity index (χ3v) is 6.54. The highest BCUT2D eigenvalue weighted by Gasteiger charge is 2.14. The maximum atomic E-state index is 12.6. The number of aromatic amines is 1. The molecule has 1 amide bonds. The lowest BCUT2D eigenvalue weighted by molar-refractivity contribution is -0.119. The highest BCUT2D eigenvalue weighted by atomic mass is 32.1. The number of esters is 1. The molecule has 0 aliphatic carbocycles. The first kappa shape index (κ1) is 22.6. The van der Waals surface area contributed by atoms with E-state index in [9.17, 15) is 9.59 Å². The highest BCUT2D eigenvalue weighted by Crippen LogP contribution is 2.28. The van der Waals surface area contributed by atoms with Crippen LogP contribution in [0.4, 0.5) is 5.13 Å². The number of hydrogen-bond donors (Lipinski definition) is 2. The maximum absolute atomic E-state index is 12.6. The summed E-state index contributed by atoms with van der Waals surface area (Å²) in [6.45, 7) is -0.425. The van der Waals surface area contributed by atoms with Crippen molar-refractivity contribution in [3.05, 3.63) is 96.1 Å². The Bertz CT molecular complexity index is 1760. The van der Waals surface area contributed by atoms with Crippen LogP contribution in [0.1, 0.15) is 10.4 Å². The summed E-state index contributed by atoms with van der Waals surface area (Å²) >= 11 is 1.31. The van der Waals surface area contributed by atoms with Crippen molar-refractivity contribution in [2.24, 2.45) is 0 Å². The van der Waals surface area contributed by atoms with Crippen molar-refractivity contribution in [3.63, 3.8) is 0 Å². The molecule has 0 saturated heterocycles. The van der Waals surface area contributed by atoms with Crippen molar-refractivity contribution >= 4 is 50.2 Å². The van der Waals surface area contributed by atoms with Gasteiger partial charge in [-0.3, -0.25) is 15.1 Å². The number of pyridine rings is 1. The summed E-state index contributed by atoms with van der Waals surface area (Å²) in [6, 6.07) is 22.9. The lowest BCUT2D eigenvalue weighted by atomic mass is 10.1. The van der Waals surface area contributed by atoms with Gasteiger partial charge in [-0.2, -0.15) is 0 Å². The molecule has 0 saturated carbocycles. The lowest BCUT2D eigenvalue weighted by Crippen LogP contribution is -2.20. The van der Waals surface area contributed by atoms with Gasteiger partial charge in [-0.25, -0.2) is 14.8 Å². The largest absolute Gasteiger partial charge is 0.452 e. The summed E-state index contributed by atoms with van der Waals surface area (Å²) in [7, 11) is 0. The van der Waals surface area contributed by atoms with Crippen LogP contribution >= 0.6 is 11.3 Å². The molecule has 0 spiro atoms. The molecule has 0 aliphatic heterocycles. The molecule has 180 valence electrons. The second-order valence-electron chi connectivity index (χ2n) is 8.28. The molecule has 0 fully saturated rings. The van der Waals surface area contributed by atoms with Crippen molar-refractivity contribution in [2.45, 2.75) is 0 Å². The molecule has 6 aromatic rings. The first-order valence-corrected chi connectivity index (χ1v) is 12.3. The Labute approximate surface area is 215 Å². The van der Waals surface area contributed by atoms with E-state index >= 15 is 0 Å². The molecular weight excluding hydrogens is 486 g/mol. The molecule has 0 unspecified atom stereocenters. The molecule has 0 atom stereocenters. The van der Waals surface area contributed by atoms with Gasteiger partial charge in [0.15, 0.2) is 11.7 Å². The van der Waals surface area contributed by atoms with E-state index in [-0.39, 0.29) is 0 Å². The molecule has 0 bridgehead atoms. The van der Waals surface area contributed by atoms with Gasteiger partial charge in [0, 0.05) is 28.9 Å². The van der Waals surface area contributed by atoms with E-state index in [1.165, 1.54) is 11.3 Å². The zero-order valence-corrected chi connectivity index (χ0v) is 20.2. The number of amides is 1. The van der Waals surface area contributed by atoms with Crippen molar-refractivity contribution in [1.82, 2.24) is 19.9 Å². The van der Waals surface area contributed by atoms with Gasteiger partial charge in [0.2, 0.25) is 0 Å². The van der Waals surface area contributed by atoms with Gasteiger partial charge >= 0.3 is 5.97 Å². The van der Waals surface area contributed by atoms with Crippen LogP contribution in [0.5, 0.6) is 0 Å². The minimum absolute atomic E-state index is 0.314. The molecule has 3 aromatic heterocycles. The van der Waals surface area contributed by atoms with Gasteiger partial charge in [0.1, 0.15) is 5.82 Å². The van der Waals surface area contributed by atoms with E-state index in [1.54, 1.807) is 30.6 Å². The Morgan fingerprint density at radius 3 is 2.68 bits per heavy atom. The summed E-state index contributed by atoms with van der Waals surface area (Å²) < 4.78 is 5.22. The number of fused-ring (bicyclic) bond motifs is 2. The summed E-state index contributed by atoms with van der Waals surface area (Å²) in [5.74, 6) is -0.417. The molecular formula is C28H19N5O3S. The van der Waals surface area contributed by atoms with Crippen molar-refractivity contribution in [2.75, 3.05) is 11.9 Å². The Morgan fingerprint density at radius 1 is 0.919 bits per heavy atom. The number of carbonyl (C=O) groups excluding carboxylic acids is 2. The molecule has 37 heavy (non-hydrogen) atoms. The number of rotatable bonds is 6. The van der Waals surface area contributed by atoms with Crippen LogP contribution in [-0.2, 0) is 9.53 Å². The Kier molecular flexibility index (Phi) is 5.88. The summed E-state index contributed by atoms with van der Waals surface area (Å²) in [6.07, 6.45) is 3.40. The summed E-state index contributed by atoms with van der Waals surface area (Å²) in [5.41, 5.74) is 4.27. The number of ether oxygens (including phenoxy) is 1. The third-order valence-electron chi connectivity index (χ3n) is 5.78. The number of carbonyl (C=O) groups is 2. The predicted molar refractivity (Wildman–Crippen MR) is 143 cm³/mol. The van der Waals surface area contributed by atoms with Crippen LogP contribution in [0, 0.1) is 0 Å². The predicted octanol–water partition coefficient (Wildman–Crippen LogP) is 5.70. The SMILES string of the molecule is O=C(COC(=O)c1ccc2nc(-c3cccnc3)[nH]c2c1)Nc1nc(-c2ccc3ccccc3c2)cs1. The number of nitrogens with one attached hydrogen (secondary N) is 2. The zero-order chi connectivity index (χ0) is 25.2. The molecule has 2 N–H and O–H groups in total. The van der Waals surface area contributed by atoms with Crippen LogP contribution in [0.2, 0.25) is 0 Å². The third kappa shape index (κ3) is 4.80. The average molecular weight is 506 g/mol. The molecule has 9 heteroatoms. The van der Waals surface area contributed by atoms with Crippen LogP contribution in [0.25, 0.3) is 44.5 Å². The first-order valence-electron chi connectivity index (χ1n) is 11.4. The lowest BCUT2D eigenvalue weighted by Gasteiger charge is -2.05. The van der Waals surface area contributed by atoms with Gasteiger partial charge in [-0.05, 0) is 47.2 Å². The van der Waals surface area contributed by atoms with Crippen LogP contribution in [0.15, 0.2) is 90.6 Å². The van der Waals surface area contributed by atoms with Crippen LogP contribution in [-0.4, -0.2) is 38.4 Å². The highest BCUT2D eigenvalue weighted by molar-refractivity contribution is 7.14. The first-order chi connectivity index (χ1) is 18.1. The number of hydrogen-bond acceptors (Lipinski definition) is 7. The maximum Gasteiger partial charge on any atom is 0.338 e. The molecule has 6 rings (SSSR count). The van der Waals surface area contributed by atoms with Gasteiger partial charge in [-0.1, -0.05) is 36.4 Å². The van der Waals surface area contributed by atoms with E-state index in [4.69, 9.17) is 4.74 Å². The number of nitrogens with zero attached hydrogens (tertiary/aromatic N) is 3. The van der Waals surface area contributed by atoms with E-state index in [0.717, 1.165) is 27.6 Å². The molecule has 0 aliphatic rings. The van der Waals surface area contributed by atoms with Crippen molar-refractivity contribution in [3.8, 4) is 22.6 Å². The number of anilines is 1. The molecule has 8 nitrogen and oxygen atoms in total. The van der Waals surface area contributed by atoms with Gasteiger partial charge in [0.25, 0.3) is 5.91 Å². The second kappa shape index (κ2) is 9.63. The fraction of sp³-hybridized carbons (Fsp3) is 0.0357. The van der Waals surface area contributed by atoms with E-state index in [1.807, 2.05) is 47.8 Å². The van der Waals surface area contributed by atoms with Gasteiger partial charge in [0.05, 0.1) is 22.3 Å². The minimum atomic E-state index is -0.606. The van der Waals surface area contributed by atoms with Gasteiger partial charge < -0.3 is 9.72 Å². The standard InChI is InChI=1S/C28H19N5O3S/c34-25(33-28-32-24(16-37-28)19-8-7-17-4-1-2-5-18(17)12-19)15-36-27(35)20-9-10-22-23(13-20)31-26(30-22)21-6-3-11-29-14-21/h1-14,16H,15H2,(H,30,31)(H,32,33,34). The average Bonchev–Trinajstić information content (AvgIpc) is 3.59. The fourth-order valence-corrected chi connectivity index (χ4v) is 4.69. The monoisotopic (exact) mass is 505 g/mol. The Morgan fingerprint density at radius 2 is 1.81 bits per heavy atom. The van der Waals surface area contributed by atoms with E-state index in [0.29, 0.717) is 27.6 Å². The quantitative estimate of drug-likeness (QED) is 0.281. The molecule has 3 heterocycles. The summed E-state index contributed by atoms with van der Waals surface area (Å²) in [4.78, 5) is 41.3. The van der Waals surface area contributed by atoms with Crippen molar-refractivity contribution < 1.29 is 14.3 Å². The number of imidazole rings is 1. The summed E-state index contributed by atoms with van der Waals surface area (Å²) in [5, 5.41) is 7.28. The van der Waals surface area contributed by atoms with Crippen LogP contribution in [0.3, 0.4) is 0 Å². The Hall–Kier alpha value is -4.89.